The smallest absolute Gasteiger partial charge is 0.240 e. The number of piperazine rings is 1. The van der Waals surface area contributed by atoms with Crippen LogP contribution in [-0.2, 0) is 9.59 Å². The third-order valence-electron chi connectivity index (χ3n) is 5.82. The number of aryl methyl sites for hydroxylation is 1. The molecule has 0 unspecified atom stereocenters. The van der Waals surface area contributed by atoms with Crippen LogP contribution in [0.1, 0.15) is 24.0 Å². The van der Waals surface area contributed by atoms with E-state index in [2.05, 4.69) is 41.4 Å². The van der Waals surface area contributed by atoms with Crippen LogP contribution < -0.4 is 10.2 Å². The Morgan fingerprint density at radius 2 is 1.76 bits per heavy atom. The van der Waals surface area contributed by atoms with E-state index >= 15 is 0 Å². The summed E-state index contributed by atoms with van der Waals surface area (Å²) in [6.45, 7) is 4.80. The highest BCUT2D eigenvalue weighted by Crippen LogP contribution is 2.48. The van der Waals surface area contributed by atoms with Crippen LogP contribution in [-0.4, -0.2) is 42.9 Å². The lowest BCUT2D eigenvalue weighted by Gasteiger charge is -2.37. The zero-order valence-electron chi connectivity index (χ0n) is 16.5. The highest BCUT2D eigenvalue weighted by Gasteiger charge is 2.58. The first-order valence-electron chi connectivity index (χ1n) is 9.95. The molecule has 148 valence electrons. The summed E-state index contributed by atoms with van der Waals surface area (Å²) in [7, 11) is 0. The minimum absolute atomic E-state index is 0.0895. The molecule has 2 aromatic rings. The van der Waals surface area contributed by atoms with E-state index in [1.807, 2.05) is 11.0 Å². The summed E-state index contributed by atoms with van der Waals surface area (Å²) in [4.78, 5) is 30.1. The van der Waals surface area contributed by atoms with Crippen LogP contribution >= 0.6 is 0 Å². The SMILES string of the molecule is Cc1cccc(N2CCN(C(=O)C3(C(=O)Nc4ccccc4C#N)CC3)CC2)c1. The minimum Gasteiger partial charge on any atom is -0.368 e. The van der Waals surface area contributed by atoms with Crippen LogP contribution in [0.5, 0.6) is 0 Å². The zero-order valence-corrected chi connectivity index (χ0v) is 16.5. The average Bonchev–Trinajstić information content (AvgIpc) is 3.56. The summed E-state index contributed by atoms with van der Waals surface area (Å²) in [5.74, 6) is -0.389. The first-order chi connectivity index (χ1) is 14.0. The van der Waals surface area contributed by atoms with Crippen molar-refractivity contribution >= 4 is 23.2 Å². The Labute approximate surface area is 170 Å². The molecule has 0 atom stereocenters. The Hall–Kier alpha value is -3.33. The van der Waals surface area contributed by atoms with Gasteiger partial charge in [-0.15, -0.1) is 0 Å². The monoisotopic (exact) mass is 388 g/mol. The lowest BCUT2D eigenvalue weighted by Crippen LogP contribution is -2.52. The molecule has 1 saturated carbocycles. The second kappa shape index (κ2) is 7.59. The van der Waals surface area contributed by atoms with Crippen molar-refractivity contribution in [3.8, 4) is 6.07 Å². The number of rotatable bonds is 4. The van der Waals surface area contributed by atoms with Crippen molar-refractivity contribution in [3.05, 3.63) is 59.7 Å². The van der Waals surface area contributed by atoms with E-state index in [0.717, 1.165) is 13.1 Å². The molecule has 4 rings (SSSR count). The number of hydrogen-bond donors (Lipinski definition) is 1. The number of benzene rings is 2. The maximum Gasteiger partial charge on any atom is 0.240 e. The maximum absolute atomic E-state index is 13.1. The van der Waals surface area contributed by atoms with Crippen molar-refractivity contribution in [1.82, 2.24) is 4.90 Å². The van der Waals surface area contributed by atoms with Crippen LogP contribution in [0.2, 0.25) is 0 Å². The predicted molar refractivity (Wildman–Crippen MR) is 111 cm³/mol. The Morgan fingerprint density at radius 1 is 1.03 bits per heavy atom. The Balaban J connectivity index is 1.41. The molecule has 2 aliphatic rings. The maximum atomic E-state index is 13.1. The second-order valence-electron chi connectivity index (χ2n) is 7.81. The fraction of sp³-hybridized carbons (Fsp3) is 0.348. The van der Waals surface area contributed by atoms with Gasteiger partial charge < -0.3 is 15.1 Å². The van der Waals surface area contributed by atoms with Gasteiger partial charge in [-0.05, 0) is 49.6 Å². The molecule has 0 aromatic heterocycles. The van der Waals surface area contributed by atoms with Gasteiger partial charge in [-0.3, -0.25) is 9.59 Å². The molecule has 6 nitrogen and oxygen atoms in total. The number of para-hydroxylation sites is 1. The quantitative estimate of drug-likeness (QED) is 0.817. The highest BCUT2D eigenvalue weighted by atomic mass is 16.2. The number of hydrogen-bond acceptors (Lipinski definition) is 4. The van der Waals surface area contributed by atoms with Gasteiger partial charge in [0.05, 0.1) is 11.3 Å². The van der Waals surface area contributed by atoms with Gasteiger partial charge in [0.1, 0.15) is 11.5 Å². The van der Waals surface area contributed by atoms with Gasteiger partial charge in [-0.25, -0.2) is 0 Å². The molecule has 0 radical (unpaired) electrons. The van der Waals surface area contributed by atoms with Crippen molar-refractivity contribution in [2.24, 2.45) is 5.41 Å². The highest BCUT2D eigenvalue weighted by molar-refractivity contribution is 6.13. The summed E-state index contributed by atoms with van der Waals surface area (Å²) in [5.41, 5.74) is 2.27. The molecule has 1 N–H and O–H groups in total. The molecule has 0 spiro atoms. The van der Waals surface area contributed by atoms with Crippen molar-refractivity contribution < 1.29 is 9.59 Å². The lowest BCUT2D eigenvalue weighted by molar-refractivity contribution is -0.142. The van der Waals surface area contributed by atoms with Crippen molar-refractivity contribution in [2.75, 3.05) is 36.4 Å². The van der Waals surface area contributed by atoms with E-state index in [9.17, 15) is 14.9 Å². The van der Waals surface area contributed by atoms with Crippen molar-refractivity contribution in [2.45, 2.75) is 19.8 Å². The van der Waals surface area contributed by atoms with E-state index in [0.29, 0.717) is 37.2 Å². The molecule has 1 heterocycles. The van der Waals surface area contributed by atoms with Gasteiger partial charge in [-0.1, -0.05) is 24.3 Å². The van der Waals surface area contributed by atoms with Gasteiger partial charge in [-0.2, -0.15) is 5.26 Å². The molecule has 1 aliphatic carbocycles. The van der Waals surface area contributed by atoms with Crippen molar-refractivity contribution in [3.63, 3.8) is 0 Å². The summed E-state index contributed by atoms with van der Waals surface area (Å²) >= 11 is 0. The summed E-state index contributed by atoms with van der Waals surface area (Å²) in [6, 6.07) is 17.3. The van der Waals surface area contributed by atoms with Crippen LogP contribution in [0, 0.1) is 23.7 Å². The first kappa shape index (κ1) is 19.0. The largest absolute Gasteiger partial charge is 0.368 e. The normalized spacial score (nSPS) is 17.4. The average molecular weight is 388 g/mol. The molecular formula is C23H24N4O2. The number of carbonyl (C=O) groups is 2. The standard InChI is InChI=1S/C23H24N4O2/c1-17-5-4-7-19(15-17)26-11-13-27(14-12-26)22(29)23(9-10-23)21(28)25-20-8-3-2-6-18(20)16-24/h2-8,15H,9-14H2,1H3,(H,25,28). The Kier molecular flexibility index (Phi) is 4.98. The summed E-state index contributed by atoms with van der Waals surface area (Å²) in [5, 5.41) is 12.0. The van der Waals surface area contributed by atoms with Crippen LogP contribution in [0.3, 0.4) is 0 Å². The number of carbonyl (C=O) groups excluding carboxylic acids is 2. The van der Waals surface area contributed by atoms with Crippen molar-refractivity contribution in [1.29, 1.82) is 5.26 Å². The molecule has 1 aliphatic heterocycles. The molecule has 2 aromatic carbocycles. The number of nitrogens with one attached hydrogen (secondary N) is 1. The van der Waals surface area contributed by atoms with Gasteiger partial charge >= 0.3 is 0 Å². The number of nitriles is 1. The van der Waals surface area contributed by atoms with E-state index in [1.54, 1.807) is 24.3 Å². The van der Waals surface area contributed by atoms with E-state index in [1.165, 1.54) is 11.3 Å². The second-order valence-corrected chi connectivity index (χ2v) is 7.81. The summed E-state index contributed by atoms with van der Waals surface area (Å²) < 4.78 is 0. The summed E-state index contributed by atoms with van der Waals surface area (Å²) in [6.07, 6.45) is 1.12. The lowest BCUT2D eigenvalue weighted by atomic mass is 10.0. The van der Waals surface area contributed by atoms with E-state index in [-0.39, 0.29) is 11.8 Å². The van der Waals surface area contributed by atoms with Gasteiger partial charge in [0.2, 0.25) is 11.8 Å². The van der Waals surface area contributed by atoms with Crippen LogP contribution in [0.15, 0.2) is 48.5 Å². The Morgan fingerprint density at radius 3 is 2.41 bits per heavy atom. The van der Waals surface area contributed by atoms with E-state index in [4.69, 9.17) is 0 Å². The number of anilines is 2. The molecular weight excluding hydrogens is 364 g/mol. The molecule has 2 amide bonds. The Bertz CT molecular complexity index is 982. The van der Waals surface area contributed by atoms with Gasteiger partial charge in [0.15, 0.2) is 0 Å². The third-order valence-corrected chi connectivity index (χ3v) is 5.82. The molecule has 2 fully saturated rings. The fourth-order valence-corrected chi connectivity index (χ4v) is 3.89. The van der Waals surface area contributed by atoms with Crippen LogP contribution in [0.4, 0.5) is 11.4 Å². The zero-order chi connectivity index (χ0) is 20.4. The minimum atomic E-state index is -0.978. The third kappa shape index (κ3) is 3.68. The van der Waals surface area contributed by atoms with Gasteiger partial charge in [0, 0.05) is 31.9 Å². The number of nitrogens with zero attached hydrogens (tertiary/aromatic N) is 3. The van der Waals surface area contributed by atoms with Gasteiger partial charge in [0.25, 0.3) is 0 Å². The first-order valence-corrected chi connectivity index (χ1v) is 9.95. The molecule has 1 saturated heterocycles. The molecule has 29 heavy (non-hydrogen) atoms. The number of amides is 2. The fourth-order valence-electron chi connectivity index (χ4n) is 3.89. The topological polar surface area (TPSA) is 76.4 Å². The molecule has 0 bridgehead atoms. The molecule has 6 heteroatoms. The predicted octanol–water partition coefficient (Wildman–Crippen LogP) is 2.93. The van der Waals surface area contributed by atoms with Crippen LogP contribution in [0.25, 0.3) is 0 Å². The van der Waals surface area contributed by atoms with E-state index < -0.39 is 5.41 Å².